The Bertz CT molecular complexity index is 1030. The number of aliphatic hydroxyl groups excluding tert-OH is 1. The maximum atomic E-state index is 14.1. The average Bonchev–Trinajstić information content (AvgIpc) is 3.05. The summed E-state index contributed by atoms with van der Waals surface area (Å²) in [6.07, 6.45) is 0.285. The van der Waals surface area contributed by atoms with Gasteiger partial charge in [-0.2, -0.15) is 5.10 Å². The van der Waals surface area contributed by atoms with E-state index in [1.165, 1.54) is 16.8 Å². The van der Waals surface area contributed by atoms with Crippen LogP contribution < -0.4 is 4.74 Å². The van der Waals surface area contributed by atoms with Crippen LogP contribution in [0.3, 0.4) is 0 Å². The number of carbonyl (C=O) groups excluding carboxylic acids is 1. The Morgan fingerprint density at radius 1 is 1.27 bits per heavy atom. The van der Waals surface area contributed by atoms with Gasteiger partial charge in [0.2, 0.25) is 5.88 Å². The summed E-state index contributed by atoms with van der Waals surface area (Å²) in [7, 11) is -3.98. The highest BCUT2D eigenvalue weighted by molar-refractivity contribution is 7.92. The van der Waals surface area contributed by atoms with Crippen molar-refractivity contribution in [2.45, 2.75) is 63.5 Å². The second-order valence-electron chi connectivity index (χ2n) is 8.31. The molecule has 1 aromatic carbocycles. The van der Waals surface area contributed by atoms with Crippen molar-refractivity contribution in [3.8, 4) is 5.88 Å². The molecular formula is C21H27FN2O5S. The number of rotatable bonds is 7. The van der Waals surface area contributed by atoms with E-state index in [2.05, 4.69) is 5.10 Å². The summed E-state index contributed by atoms with van der Waals surface area (Å²) in [5, 5.41) is 13.6. The Balaban J connectivity index is 1.88. The molecule has 0 aliphatic carbocycles. The van der Waals surface area contributed by atoms with E-state index in [1.807, 2.05) is 27.7 Å². The highest BCUT2D eigenvalue weighted by Gasteiger charge is 2.31. The maximum Gasteiger partial charge on any atom is 0.231 e. The van der Waals surface area contributed by atoms with E-state index in [4.69, 9.17) is 4.74 Å². The van der Waals surface area contributed by atoms with Gasteiger partial charge >= 0.3 is 0 Å². The van der Waals surface area contributed by atoms with Crippen LogP contribution in [0.15, 0.2) is 23.2 Å². The Morgan fingerprint density at radius 3 is 2.43 bits per heavy atom. The molecule has 0 fully saturated rings. The molecule has 0 bridgehead atoms. The van der Waals surface area contributed by atoms with Crippen molar-refractivity contribution in [1.29, 1.82) is 0 Å². The third kappa shape index (κ3) is 4.57. The minimum absolute atomic E-state index is 0.0138. The molecular weight excluding hydrogens is 411 g/mol. The molecule has 0 amide bonds. The zero-order chi connectivity index (χ0) is 22.2. The topological polar surface area (TPSA) is 98.5 Å². The number of sulfone groups is 1. The summed E-state index contributed by atoms with van der Waals surface area (Å²) in [6, 6.07) is 2.84. The monoisotopic (exact) mass is 438 g/mol. The third-order valence-electron chi connectivity index (χ3n) is 5.14. The molecule has 30 heavy (non-hydrogen) atoms. The fourth-order valence-electron chi connectivity index (χ4n) is 3.73. The van der Waals surface area contributed by atoms with Crippen LogP contribution in [-0.4, -0.2) is 47.6 Å². The van der Waals surface area contributed by atoms with Crippen molar-refractivity contribution in [3.05, 3.63) is 40.8 Å². The molecule has 1 aliphatic rings. The second kappa shape index (κ2) is 8.47. The van der Waals surface area contributed by atoms with Crippen molar-refractivity contribution >= 4 is 15.6 Å². The highest BCUT2D eigenvalue weighted by atomic mass is 32.2. The molecule has 0 spiro atoms. The number of ketones is 1. The van der Waals surface area contributed by atoms with Gasteiger partial charge < -0.3 is 9.84 Å². The first-order valence-corrected chi connectivity index (χ1v) is 11.6. The van der Waals surface area contributed by atoms with Gasteiger partial charge in [0.1, 0.15) is 29.2 Å². The number of aliphatic hydroxyl groups is 1. The zero-order valence-electron chi connectivity index (χ0n) is 17.6. The average molecular weight is 439 g/mol. The predicted octanol–water partition coefficient (Wildman–Crippen LogP) is 2.61. The molecule has 1 unspecified atom stereocenters. The SMILES string of the molecule is CC(C)c1cc(F)cc(C(C)C)c1CC(=O)CS(=O)(=O)c1cnn2c1OCC(O)C2. The van der Waals surface area contributed by atoms with Gasteiger partial charge in [-0.1, -0.05) is 27.7 Å². The lowest BCUT2D eigenvalue weighted by Crippen LogP contribution is -2.30. The van der Waals surface area contributed by atoms with Crippen LogP contribution in [0.25, 0.3) is 0 Å². The summed E-state index contributed by atoms with van der Waals surface area (Å²) in [5.41, 5.74) is 2.12. The van der Waals surface area contributed by atoms with E-state index in [-0.39, 0.29) is 48.0 Å². The number of ether oxygens (including phenoxy) is 1. The number of hydrogen-bond donors (Lipinski definition) is 1. The number of Topliss-reactive ketones (excluding diaryl/α,β-unsaturated/α-hetero) is 1. The van der Waals surface area contributed by atoms with Gasteiger partial charge in [-0.3, -0.25) is 4.79 Å². The normalized spacial score (nSPS) is 16.6. The molecule has 1 N–H and O–H groups in total. The minimum Gasteiger partial charge on any atom is -0.474 e. The third-order valence-corrected chi connectivity index (χ3v) is 6.80. The molecule has 0 saturated carbocycles. The summed E-state index contributed by atoms with van der Waals surface area (Å²) in [5.74, 6) is -1.54. The number of benzene rings is 1. The molecule has 0 radical (unpaired) electrons. The van der Waals surface area contributed by atoms with Gasteiger partial charge in [0.05, 0.1) is 12.7 Å². The van der Waals surface area contributed by atoms with Gasteiger partial charge in [0, 0.05) is 6.42 Å². The lowest BCUT2D eigenvalue weighted by Gasteiger charge is -2.21. The number of carbonyl (C=O) groups is 1. The first-order chi connectivity index (χ1) is 14.0. The number of halogens is 1. The summed E-state index contributed by atoms with van der Waals surface area (Å²) in [4.78, 5) is 12.6. The molecule has 7 nitrogen and oxygen atoms in total. The lowest BCUT2D eigenvalue weighted by atomic mass is 9.86. The minimum atomic E-state index is -3.98. The summed E-state index contributed by atoms with van der Waals surface area (Å²) < 4.78 is 46.4. The largest absolute Gasteiger partial charge is 0.474 e. The van der Waals surface area contributed by atoms with Gasteiger partial charge in [-0.25, -0.2) is 17.5 Å². The summed E-state index contributed by atoms with van der Waals surface area (Å²) in [6.45, 7) is 7.74. The number of nitrogens with zero attached hydrogens (tertiary/aromatic N) is 2. The molecule has 1 atom stereocenters. The van der Waals surface area contributed by atoms with Crippen LogP contribution in [0.5, 0.6) is 5.88 Å². The van der Waals surface area contributed by atoms with Crippen molar-refractivity contribution in [1.82, 2.24) is 9.78 Å². The first kappa shape index (κ1) is 22.4. The molecule has 3 rings (SSSR count). The van der Waals surface area contributed by atoms with Crippen LogP contribution in [0.4, 0.5) is 4.39 Å². The lowest BCUT2D eigenvalue weighted by molar-refractivity contribution is -0.116. The Kier molecular flexibility index (Phi) is 6.33. The van der Waals surface area contributed by atoms with Crippen molar-refractivity contribution in [2.75, 3.05) is 12.4 Å². The zero-order valence-corrected chi connectivity index (χ0v) is 18.4. The molecule has 9 heteroatoms. The second-order valence-corrected chi connectivity index (χ2v) is 10.3. The van der Waals surface area contributed by atoms with E-state index in [9.17, 15) is 22.7 Å². The predicted molar refractivity (Wildman–Crippen MR) is 109 cm³/mol. The van der Waals surface area contributed by atoms with E-state index in [1.54, 1.807) is 0 Å². The van der Waals surface area contributed by atoms with Crippen LogP contribution in [0.1, 0.15) is 56.2 Å². The van der Waals surface area contributed by atoms with Crippen LogP contribution in [0, 0.1) is 5.82 Å². The highest BCUT2D eigenvalue weighted by Crippen LogP contribution is 2.31. The van der Waals surface area contributed by atoms with Gasteiger partial charge in [-0.05, 0) is 40.7 Å². The Labute approximate surface area is 175 Å². The fraction of sp³-hybridized carbons (Fsp3) is 0.524. The summed E-state index contributed by atoms with van der Waals surface area (Å²) >= 11 is 0. The molecule has 2 heterocycles. The van der Waals surface area contributed by atoms with E-state index in [0.717, 1.165) is 6.20 Å². The van der Waals surface area contributed by atoms with E-state index >= 15 is 0 Å². The van der Waals surface area contributed by atoms with Gasteiger partial charge in [0.15, 0.2) is 15.6 Å². The standard InChI is InChI=1S/C21H27FN2O5S/c1-12(2)17-5-14(22)6-18(13(3)4)19(17)7-15(25)11-30(27,28)20-8-23-24-9-16(26)10-29-21(20)24/h5-6,8,12-13,16,26H,7,9-11H2,1-4H3. The number of aromatic nitrogens is 2. The Hall–Kier alpha value is -2.26. The fourth-order valence-corrected chi connectivity index (χ4v) is 5.04. The van der Waals surface area contributed by atoms with Gasteiger partial charge in [0.25, 0.3) is 0 Å². The first-order valence-electron chi connectivity index (χ1n) is 9.93. The molecule has 0 saturated heterocycles. The van der Waals surface area contributed by atoms with Crippen molar-refractivity contribution in [3.63, 3.8) is 0 Å². The molecule has 2 aromatic rings. The van der Waals surface area contributed by atoms with E-state index < -0.39 is 27.5 Å². The smallest absolute Gasteiger partial charge is 0.231 e. The molecule has 164 valence electrons. The maximum absolute atomic E-state index is 14.1. The van der Waals surface area contributed by atoms with E-state index in [0.29, 0.717) is 16.7 Å². The number of hydrogen-bond acceptors (Lipinski definition) is 6. The molecule has 1 aromatic heterocycles. The van der Waals surface area contributed by atoms with Crippen LogP contribution >= 0.6 is 0 Å². The van der Waals surface area contributed by atoms with Crippen molar-refractivity contribution < 1.29 is 27.4 Å². The van der Waals surface area contributed by atoms with Crippen LogP contribution in [-0.2, 0) is 27.6 Å². The quantitative estimate of drug-likeness (QED) is 0.714. The number of fused-ring (bicyclic) bond motifs is 1. The van der Waals surface area contributed by atoms with Gasteiger partial charge in [-0.15, -0.1) is 0 Å². The van der Waals surface area contributed by atoms with Crippen molar-refractivity contribution in [2.24, 2.45) is 0 Å². The molecule has 1 aliphatic heterocycles. The Morgan fingerprint density at radius 2 is 1.87 bits per heavy atom. The van der Waals surface area contributed by atoms with Crippen LogP contribution in [0.2, 0.25) is 0 Å².